The van der Waals surface area contributed by atoms with Crippen LogP contribution >= 0.6 is 15.9 Å². The second-order valence-electron chi connectivity index (χ2n) is 3.63. The van der Waals surface area contributed by atoms with Gasteiger partial charge >= 0.3 is 0 Å². The topological polar surface area (TPSA) is 24.9 Å². The molecule has 0 saturated heterocycles. The van der Waals surface area contributed by atoms with Crippen LogP contribution in [-0.4, -0.2) is 4.98 Å². The van der Waals surface area contributed by atoms with Gasteiger partial charge in [0.05, 0.1) is 0 Å². The maximum atomic E-state index is 13.5. The van der Waals surface area contributed by atoms with Crippen molar-refractivity contribution in [1.82, 2.24) is 4.98 Å². The number of benzene rings is 1. The van der Waals surface area contributed by atoms with Gasteiger partial charge in [-0.1, -0.05) is 0 Å². The summed E-state index contributed by atoms with van der Waals surface area (Å²) in [7, 11) is 0. The van der Waals surface area contributed by atoms with Gasteiger partial charge in [0.25, 0.3) is 0 Å². The van der Waals surface area contributed by atoms with Crippen molar-refractivity contribution in [1.29, 1.82) is 0 Å². The number of rotatable bonds is 2. The zero-order valence-corrected chi connectivity index (χ0v) is 10.6. The Morgan fingerprint density at radius 3 is 2.59 bits per heavy atom. The molecule has 0 saturated carbocycles. The molecule has 1 N–H and O–H groups in total. The molecule has 2 aromatic rings. The van der Waals surface area contributed by atoms with E-state index in [1.807, 2.05) is 0 Å². The summed E-state index contributed by atoms with van der Waals surface area (Å²) in [5, 5.41) is 2.73. The molecule has 88 valence electrons. The first-order valence-electron chi connectivity index (χ1n) is 4.90. The molecule has 0 aliphatic rings. The monoisotopic (exact) mass is 298 g/mol. The molecule has 0 spiro atoms. The van der Waals surface area contributed by atoms with Crippen LogP contribution in [0.2, 0.25) is 0 Å². The normalized spacial score (nSPS) is 10.4. The molecular formula is C12H9BrF2N2. The van der Waals surface area contributed by atoms with Gasteiger partial charge in [-0.15, -0.1) is 0 Å². The molecule has 0 radical (unpaired) electrons. The van der Waals surface area contributed by atoms with Crippen molar-refractivity contribution in [2.45, 2.75) is 6.92 Å². The fourth-order valence-electron chi connectivity index (χ4n) is 1.45. The second kappa shape index (κ2) is 4.79. The van der Waals surface area contributed by atoms with E-state index in [1.54, 1.807) is 13.0 Å². The highest BCUT2D eigenvalue weighted by Crippen LogP contribution is 2.21. The Balaban J connectivity index is 2.31. The van der Waals surface area contributed by atoms with E-state index in [0.717, 1.165) is 5.56 Å². The molecule has 0 aliphatic heterocycles. The van der Waals surface area contributed by atoms with E-state index in [4.69, 9.17) is 0 Å². The molecule has 0 atom stereocenters. The number of nitrogens with one attached hydrogen (secondary N) is 1. The van der Waals surface area contributed by atoms with Crippen molar-refractivity contribution < 1.29 is 8.78 Å². The molecule has 0 amide bonds. The fraction of sp³-hybridized carbons (Fsp3) is 0.0833. The Kier molecular flexibility index (Phi) is 3.38. The molecule has 1 aromatic carbocycles. The number of aryl methyl sites for hydroxylation is 1. The summed E-state index contributed by atoms with van der Waals surface area (Å²) in [6.45, 7) is 1.76. The quantitative estimate of drug-likeness (QED) is 0.900. The van der Waals surface area contributed by atoms with Crippen molar-refractivity contribution in [3.05, 3.63) is 52.1 Å². The third-order valence-corrected chi connectivity index (χ3v) is 2.55. The van der Waals surface area contributed by atoms with E-state index < -0.39 is 5.82 Å². The van der Waals surface area contributed by atoms with Crippen molar-refractivity contribution in [3.8, 4) is 0 Å². The van der Waals surface area contributed by atoms with Crippen LogP contribution in [0.25, 0.3) is 0 Å². The van der Waals surface area contributed by atoms with Crippen LogP contribution in [0.4, 0.5) is 20.3 Å². The predicted octanol–water partition coefficient (Wildman–Crippen LogP) is 4.17. The van der Waals surface area contributed by atoms with Gasteiger partial charge in [0.2, 0.25) is 0 Å². The Morgan fingerprint density at radius 1 is 1.18 bits per heavy atom. The van der Waals surface area contributed by atoms with Crippen LogP contribution in [-0.2, 0) is 0 Å². The average molecular weight is 299 g/mol. The molecule has 0 fully saturated rings. The van der Waals surface area contributed by atoms with Gasteiger partial charge in [-0.25, -0.2) is 13.8 Å². The first-order chi connectivity index (χ1) is 8.04. The molecule has 0 unspecified atom stereocenters. The number of hydrogen-bond acceptors (Lipinski definition) is 2. The molecule has 2 rings (SSSR count). The third-order valence-electron chi connectivity index (χ3n) is 2.11. The maximum Gasteiger partial charge on any atom is 0.166 e. The standard InChI is InChI=1S/C12H9BrF2N2/c1-7-2-9(14)5-10(3-7)17-12-11(15)4-8(13)6-16-12/h2-6H,1H3,(H,16,17). The Bertz CT molecular complexity index is 538. The summed E-state index contributed by atoms with van der Waals surface area (Å²) in [6, 6.07) is 5.69. The number of pyridine rings is 1. The van der Waals surface area contributed by atoms with Crippen molar-refractivity contribution in [2.75, 3.05) is 5.32 Å². The van der Waals surface area contributed by atoms with Crippen molar-refractivity contribution >= 4 is 27.4 Å². The van der Waals surface area contributed by atoms with Gasteiger partial charge < -0.3 is 5.32 Å². The summed E-state index contributed by atoms with van der Waals surface area (Å²) in [4.78, 5) is 3.88. The summed E-state index contributed by atoms with van der Waals surface area (Å²) < 4.78 is 27.2. The molecule has 17 heavy (non-hydrogen) atoms. The lowest BCUT2D eigenvalue weighted by atomic mass is 10.2. The summed E-state index contributed by atoms with van der Waals surface area (Å²) in [5.41, 5.74) is 1.22. The number of hydrogen-bond donors (Lipinski definition) is 1. The second-order valence-corrected chi connectivity index (χ2v) is 4.54. The minimum Gasteiger partial charge on any atom is -0.338 e. The van der Waals surface area contributed by atoms with Gasteiger partial charge in [-0.3, -0.25) is 0 Å². The van der Waals surface area contributed by atoms with Gasteiger partial charge in [-0.05, 0) is 52.7 Å². The molecular weight excluding hydrogens is 290 g/mol. The average Bonchev–Trinajstić information content (AvgIpc) is 2.21. The van der Waals surface area contributed by atoms with Crippen molar-refractivity contribution in [3.63, 3.8) is 0 Å². The van der Waals surface area contributed by atoms with Gasteiger partial charge in [0.1, 0.15) is 5.82 Å². The fourth-order valence-corrected chi connectivity index (χ4v) is 1.76. The van der Waals surface area contributed by atoms with E-state index in [2.05, 4.69) is 26.2 Å². The van der Waals surface area contributed by atoms with Crippen LogP contribution < -0.4 is 5.32 Å². The Hall–Kier alpha value is -1.49. The van der Waals surface area contributed by atoms with E-state index >= 15 is 0 Å². The van der Waals surface area contributed by atoms with Gasteiger partial charge in [0, 0.05) is 16.4 Å². The van der Waals surface area contributed by atoms with Crippen molar-refractivity contribution in [2.24, 2.45) is 0 Å². The van der Waals surface area contributed by atoms with Crippen LogP contribution in [0.1, 0.15) is 5.56 Å². The molecule has 5 heteroatoms. The number of nitrogens with zero attached hydrogens (tertiary/aromatic N) is 1. The van der Waals surface area contributed by atoms with E-state index in [1.165, 1.54) is 24.4 Å². The van der Waals surface area contributed by atoms with Crippen LogP contribution in [0.15, 0.2) is 34.9 Å². The first kappa shape index (κ1) is 12.0. The maximum absolute atomic E-state index is 13.5. The Labute approximate surface area is 106 Å². The molecule has 1 aromatic heterocycles. The summed E-state index contributed by atoms with van der Waals surface area (Å²) in [5.74, 6) is -0.801. The lowest BCUT2D eigenvalue weighted by Crippen LogP contribution is -1.97. The Morgan fingerprint density at radius 2 is 1.94 bits per heavy atom. The van der Waals surface area contributed by atoms with Crippen LogP contribution in [0, 0.1) is 18.6 Å². The molecule has 1 heterocycles. The highest BCUT2D eigenvalue weighted by atomic mass is 79.9. The minimum atomic E-state index is -0.499. The third kappa shape index (κ3) is 3.00. The van der Waals surface area contributed by atoms with E-state index in [9.17, 15) is 8.78 Å². The highest BCUT2D eigenvalue weighted by Gasteiger charge is 2.05. The largest absolute Gasteiger partial charge is 0.338 e. The molecule has 0 aliphatic carbocycles. The summed E-state index contributed by atoms with van der Waals surface area (Å²) in [6.07, 6.45) is 1.47. The summed E-state index contributed by atoms with van der Waals surface area (Å²) >= 11 is 3.11. The van der Waals surface area contributed by atoms with Crippen LogP contribution in [0.5, 0.6) is 0 Å². The lowest BCUT2D eigenvalue weighted by Gasteiger charge is -2.07. The highest BCUT2D eigenvalue weighted by molar-refractivity contribution is 9.10. The van der Waals surface area contributed by atoms with E-state index in [0.29, 0.717) is 10.2 Å². The number of aromatic nitrogens is 1. The minimum absolute atomic E-state index is 0.0678. The van der Waals surface area contributed by atoms with E-state index in [-0.39, 0.29) is 11.6 Å². The number of anilines is 2. The number of halogens is 3. The zero-order valence-electron chi connectivity index (χ0n) is 8.97. The van der Waals surface area contributed by atoms with Gasteiger partial charge in [-0.2, -0.15) is 0 Å². The molecule has 2 nitrogen and oxygen atoms in total. The zero-order chi connectivity index (χ0) is 12.4. The van der Waals surface area contributed by atoms with Crippen LogP contribution in [0.3, 0.4) is 0 Å². The lowest BCUT2D eigenvalue weighted by molar-refractivity contribution is 0.623. The first-order valence-corrected chi connectivity index (χ1v) is 5.69. The van der Waals surface area contributed by atoms with Gasteiger partial charge in [0.15, 0.2) is 11.6 Å². The SMILES string of the molecule is Cc1cc(F)cc(Nc2ncc(Br)cc2F)c1. The predicted molar refractivity (Wildman–Crippen MR) is 66.3 cm³/mol. The molecule has 0 bridgehead atoms. The smallest absolute Gasteiger partial charge is 0.166 e.